The maximum Gasteiger partial charge on any atom is 0.0499 e. The van der Waals surface area contributed by atoms with Crippen LogP contribution in [-0.2, 0) is 0 Å². The van der Waals surface area contributed by atoms with E-state index in [2.05, 4.69) is 18.8 Å². The van der Waals surface area contributed by atoms with Crippen molar-refractivity contribution in [1.82, 2.24) is 0 Å². The molecule has 1 heteroatoms. The summed E-state index contributed by atoms with van der Waals surface area (Å²) in [5, 5.41) is 0. The molecule has 1 heterocycles. The number of rotatable bonds is 1. The van der Waals surface area contributed by atoms with Gasteiger partial charge < -0.3 is 0 Å². The molecule has 0 saturated carbocycles. The summed E-state index contributed by atoms with van der Waals surface area (Å²) in [6.45, 7) is 4.32. The summed E-state index contributed by atoms with van der Waals surface area (Å²) in [5.74, 6) is 0. The number of aliphatic imine (C=N–C) groups is 1. The van der Waals surface area contributed by atoms with Crippen LogP contribution in [0.2, 0.25) is 0 Å². The first kappa shape index (κ1) is 5.80. The van der Waals surface area contributed by atoms with Crippen LogP contribution in [0, 0.1) is 0 Å². The zero-order valence-electron chi connectivity index (χ0n) is 5.65. The lowest BCUT2D eigenvalue weighted by Crippen LogP contribution is -1.93. The Morgan fingerprint density at radius 2 is 2.50 bits per heavy atom. The summed E-state index contributed by atoms with van der Waals surface area (Å²) >= 11 is 0. The van der Waals surface area contributed by atoms with Crippen molar-refractivity contribution in [2.24, 2.45) is 4.99 Å². The summed E-state index contributed by atoms with van der Waals surface area (Å²) in [6, 6.07) is 0.662. The Balaban J connectivity index is 2.41. The molecule has 0 amide bonds. The first-order chi connectivity index (χ1) is 3.83. The summed E-state index contributed by atoms with van der Waals surface area (Å²) in [5.41, 5.74) is 1.34. The summed E-state index contributed by atoms with van der Waals surface area (Å²) in [6.07, 6.45) is 3.75. The van der Waals surface area contributed by atoms with Crippen LogP contribution in [-0.4, -0.2) is 11.8 Å². The first-order valence-electron chi connectivity index (χ1n) is 3.36. The van der Waals surface area contributed by atoms with Crippen molar-refractivity contribution in [2.45, 2.75) is 39.2 Å². The molecule has 0 radical (unpaired) electrons. The van der Waals surface area contributed by atoms with Crippen molar-refractivity contribution in [3.05, 3.63) is 0 Å². The van der Waals surface area contributed by atoms with E-state index in [0.717, 1.165) is 0 Å². The van der Waals surface area contributed by atoms with Gasteiger partial charge in [0.05, 0.1) is 0 Å². The second-order valence-corrected chi connectivity index (χ2v) is 2.47. The smallest absolute Gasteiger partial charge is 0.0499 e. The Kier molecular flexibility index (Phi) is 1.66. The van der Waals surface area contributed by atoms with Gasteiger partial charge >= 0.3 is 0 Å². The van der Waals surface area contributed by atoms with Gasteiger partial charge in [0, 0.05) is 11.8 Å². The minimum Gasteiger partial charge on any atom is -0.291 e. The largest absolute Gasteiger partial charge is 0.291 e. The maximum atomic E-state index is 4.42. The standard InChI is InChI=1S/C7H13N/c1-3-7-5-4-6(2)8-7/h7H,3-5H2,1-2H3/t7-/m1/s1. The van der Waals surface area contributed by atoms with Gasteiger partial charge in [0.15, 0.2) is 0 Å². The predicted molar refractivity (Wildman–Crippen MR) is 36.4 cm³/mol. The van der Waals surface area contributed by atoms with Gasteiger partial charge in [-0.3, -0.25) is 4.99 Å². The highest BCUT2D eigenvalue weighted by Crippen LogP contribution is 2.14. The van der Waals surface area contributed by atoms with Crippen LogP contribution in [0.4, 0.5) is 0 Å². The molecule has 0 aliphatic carbocycles. The van der Waals surface area contributed by atoms with E-state index in [-0.39, 0.29) is 0 Å². The Morgan fingerprint density at radius 1 is 1.75 bits per heavy atom. The Labute approximate surface area is 50.8 Å². The third-order valence-electron chi connectivity index (χ3n) is 1.71. The third-order valence-corrected chi connectivity index (χ3v) is 1.71. The maximum absolute atomic E-state index is 4.42. The summed E-state index contributed by atoms with van der Waals surface area (Å²) < 4.78 is 0. The van der Waals surface area contributed by atoms with E-state index in [9.17, 15) is 0 Å². The average molecular weight is 111 g/mol. The van der Waals surface area contributed by atoms with Crippen LogP contribution in [0.1, 0.15) is 33.1 Å². The van der Waals surface area contributed by atoms with Crippen LogP contribution < -0.4 is 0 Å². The van der Waals surface area contributed by atoms with Gasteiger partial charge in [-0.1, -0.05) is 6.92 Å². The van der Waals surface area contributed by atoms with Gasteiger partial charge in [0.1, 0.15) is 0 Å². The second kappa shape index (κ2) is 2.29. The topological polar surface area (TPSA) is 12.4 Å². The zero-order chi connectivity index (χ0) is 5.98. The molecule has 1 aliphatic heterocycles. The third kappa shape index (κ3) is 1.09. The lowest BCUT2D eigenvalue weighted by Gasteiger charge is -1.97. The van der Waals surface area contributed by atoms with E-state index in [0.29, 0.717) is 6.04 Å². The molecule has 0 N–H and O–H groups in total. The minimum atomic E-state index is 0.662. The summed E-state index contributed by atoms with van der Waals surface area (Å²) in [4.78, 5) is 4.42. The van der Waals surface area contributed by atoms with Gasteiger partial charge in [0.25, 0.3) is 0 Å². The van der Waals surface area contributed by atoms with Crippen molar-refractivity contribution in [3.63, 3.8) is 0 Å². The molecule has 0 unspecified atom stereocenters. The SMILES string of the molecule is CC[C@@H]1CCC(C)=N1. The lowest BCUT2D eigenvalue weighted by molar-refractivity contribution is 0.649. The summed E-state index contributed by atoms with van der Waals surface area (Å²) in [7, 11) is 0. The Hall–Kier alpha value is -0.330. The van der Waals surface area contributed by atoms with Gasteiger partial charge in [0.2, 0.25) is 0 Å². The molecule has 46 valence electrons. The average Bonchev–Trinajstić information content (AvgIpc) is 2.14. The second-order valence-electron chi connectivity index (χ2n) is 2.47. The fourth-order valence-corrected chi connectivity index (χ4v) is 1.11. The first-order valence-corrected chi connectivity index (χ1v) is 3.36. The molecule has 1 atom stereocenters. The van der Waals surface area contributed by atoms with E-state index in [4.69, 9.17) is 0 Å². The van der Waals surface area contributed by atoms with Crippen molar-refractivity contribution >= 4 is 5.71 Å². The normalized spacial score (nSPS) is 28.2. The molecular weight excluding hydrogens is 98.1 g/mol. The fourth-order valence-electron chi connectivity index (χ4n) is 1.11. The van der Waals surface area contributed by atoms with E-state index in [1.165, 1.54) is 25.0 Å². The molecule has 0 spiro atoms. The van der Waals surface area contributed by atoms with Crippen LogP contribution in [0.3, 0.4) is 0 Å². The molecule has 0 bridgehead atoms. The van der Waals surface area contributed by atoms with E-state index < -0.39 is 0 Å². The molecule has 8 heavy (non-hydrogen) atoms. The van der Waals surface area contributed by atoms with Crippen LogP contribution in [0.5, 0.6) is 0 Å². The number of hydrogen-bond donors (Lipinski definition) is 0. The Bertz CT molecular complexity index is 105. The van der Waals surface area contributed by atoms with Crippen LogP contribution in [0.25, 0.3) is 0 Å². The molecule has 0 aromatic heterocycles. The molecule has 0 aromatic carbocycles. The molecule has 1 nitrogen and oxygen atoms in total. The Morgan fingerprint density at radius 3 is 2.75 bits per heavy atom. The van der Waals surface area contributed by atoms with Crippen molar-refractivity contribution < 1.29 is 0 Å². The highest BCUT2D eigenvalue weighted by molar-refractivity contribution is 5.83. The quantitative estimate of drug-likeness (QED) is 0.491. The lowest BCUT2D eigenvalue weighted by atomic mass is 10.1. The molecule has 0 fully saturated rings. The van der Waals surface area contributed by atoms with E-state index in [1.807, 2.05) is 0 Å². The minimum absolute atomic E-state index is 0.662. The van der Waals surface area contributed by atoms with Gasteiger partial charge in [-0.05, 0) is 26.2 Å². The highest BCUT2D eigenvalue weighted by atomic mass is 14.8. The van der Waals surface area contributed by atoms with Crippen molar-refractivity contribution in [2.75, 3.05) is 0 Å². The van der Waals surface area contributed by atoms with Gasteiger partial charge in [-0.15, -0.1) is 0 Å². The van der Waals surface area contributed by atoms with E-state index in [1.54, 1.807) is 0 Å². The van der Waals surface area contributed by atoms with Crippen LogP contribution >= 0.6 is 0 Å². The van der Waals surface area contributed by atoms with Gasteiger partial charge in [-0.2, -0.15) is 0 Å². The monoisotopic (exact) mass is 111 g/mol. The van der Waals surface area contributed by atoms with Crippen molar-refractivity contribution in [3.8, 4) is 0 Å². The van der Waals surface area contributed by atoms with Gasteiger partial charge in [-0.25, -0.2) is 0 Å². The molecule has 0 saturated heterocycles. The number of hydrogen-bond acceptors (Lipinski definition) is 1. The zero-order valence-corrected chi connectivity index (χ0v) is 5.65. The van der Waals surface area contributed by atoms with Crippen LogP contribution in [0.15, 0.2) is 4.99 Å². The molecule has 1 rings (SSSR count). The molecule has 1 aliphatic rings. The van der Waals surface area contributed by atoms with E-state index >= 15 is 0 Å². The van der Waals surface area contributed by atoms with Crippen molar-refractivity contribution in [1.29, 1.82) is 0 Å². The number of nitrogens with zero attached hydrogens (tertiary/aromatic N) is 1. The fraction of sp³-hybridized carbons (Fsp3) is 0.857. The molecule has 0 aromatic rings. The molecular formula is C7H13N. The predicted octanol–water partition coefficient (Wildman–Crippen LogP) is 2.02. The highest BCUT2D eigenvalue weighted by Gasteiger charge is 2.10.